The van der Waals surface area contributed by atoms with Crippen molar-refractivity contribution < 1.29 is 5.11 Å². The summed E-state index contributed by atoms with van der Waals surface area (Å²) in [6.45, 7) is 4.27. The minimum Gasteiger partial charge on any atom is -0.382 e. The lowest BCUT2D eigenvalue weighted by molar-refractivity contribution is -0.00787. The molecule has 3 unspecified atom stereocenters. The van der Waals surface area contributed by atoms with E-state index in [2.05, 4.69) is 38.5 Å². The van der Waals surface area contributed by atoms with Crippen LogP contribution in [-0.4, -0.2) is 29.8 Å². The molecule has 2 aromatic heterocycles. The van der Waals surface area contributed by atoms with Crippen molar-refractivity contribution in [2.45, 2.75) is 31.9 Å². The lowest BCUT2D eigenvalue weighted by Crippen LogP contribution is -2.41. The average Bonchev–Trinajstić information content (AvgIpc) is 3.07. The lowest BCUT2D eigenvalue weighted by Gasteiger charge is -2.36. The standard InChI is InChI=1S/C17H21N5OP2/c1-11-3-4-13(14(24)5-11)17(23,7-22-10-19-9-21-22)12(2)16-15(25)6-18-8-20-16/h3-6,8-10,12,23H,7,24-25H2,1-2H3/t12?,17-/m1/s1. The summed E-state index contributed by atoms with van der Waals surface area (Å²) in [7, 11) is 5.36. The first-order valence-corrected chi connectivity index (χ1v) is 9.04. The fraction of sp³-hybridized carbons (Fsp3) is 0.294. The van der Waals surface area contributed by atoms with E-state index in [9.17, 15) is 5.11 Å². The molecular weight excluding hydrogens is 352 g/mol. The van der Waals surface area contributed by atoms with E-state index in [0.717, 1.165) is 27.4 Å². The number of nitrogens with zero attached hydrogens (tertiary/aromatic N) is 5. The van der Waals surface area contributed by atoms with Crippen LogP contribution in [0.3, 0.4) is 0 Å². The van der Waals surface area contributed by atoms with Gasteiger partial charge in [-0.15, -0.1) is 18.5 Å². The van der Waals surface area contributed by atoms with Gasteiger partial charge in [0.25, 0.3) is 0 Å². The van der Waals surface area contributed by atoms with Crippen LogP contribution in [0.2, 0.25) is 0 Å². The van der Waals surface area contributed by atoms with Gasteiger partial charge in [0.1, 0.15) is 24.6 Å². The largest absolute Gasteiger partial charge is 0.382 e. The van der Waals surface area contributed by atoms with Crippen molar-refractivity contribution in [2.24, 2.45) is 0 Å². The third-order valence-corrected chi connectivity index (χ3v) is 5.36. The van der Waals surface area contributed by atoms with Crippen molar-refractivity contribution in [3.8, 4) is 0 Å². The van der Waals surface area contributed by atoms with Gasteiger partial charge in [-0.05, 0) is 17.8 Å². The first-order chi connectivity index (χ1) is 11.9. The normalized spacial score (nSPS) is 14.9. The molecule has 0 aliphatic rings. The van der Waals surface area contributed by atoms with Crippen molar-refractivity contribution in [1.82, 2.24) is 24.7 Å². The Labute approximate surface area is 151 Å². The zero-order valence-corrected chi connectivity index (χ0v) is 16.5. The molecular formula is C17H21N5OP2. The highest BCUT2D eigenvalue weighted by Crippen LogP contribution is 2.37. The van der Waals surface area contributed by atoms with Crippen LogP contribution in [0.25, 0.3) is 0 Å². The Morgan fingerprint density at radius 3 is 2.64 bits per heavy atom. The van der Waals surface area contributed by atoms with E-state index >= 15 is 0 Å². The average molecular weight is 373 g/mol. The summed E-state index contributed by atoms with van der Waals surface area (Å²) in [6.07, 6.45) is 6.31. The monoisotopic (exact) mass is 373 g/mol. The predicted octanol–water partition coefficient (Wildman–Crippen LogP) is 1.07. The van der Waals surface area contributed by atoms with Crippen molar-refractivity contribution in [1.29, 1.82) is 0 Å². The number of aromatic nitrogens is 5. The molecule has 130 valence electrons. The Bertz CT molecular complexity index is 871. The van der Waals surface area contributed by atoms with Gasteiger partial charge in [-0.25, -0.2) is 19.6 Å². The molecule has 0 spiro atoms. The van der Waals surface area contributed by atoms with Crippen LogP contribution >= 0.6 is 18.5 Å². The van der Waals surface area contributed by atoms with E-state index in [1.807, 2.05) is 32.0 Å². The Morgan fingerprint density at radius 1 is 1.20 bits per heavy atom. The molecule has 25 heavy (non-hydrogen) atoms. The maximum atomic E-state index is 11.8. The molecule has 0 bridgehead atoms. The SMILES string of the molecule is Cc1ccc([C@@](O)(Cn2cncn2)C(C)c2ncncc2P)c(P)c1. The first-order valence-electron chi connectivity index (χ1n) is 7.88. The molecule has 0 aliphatic heterocycles. The number of aliphatic hydroxyl groups is 1. The summed E-state index contributed by atoms with van der Waals surface area (Å²) in [5.74, 6) is -0.283. The van der Waals surface area contributed by atoms with Crippen LogP contribution in [0.15, 0.2) is 43.4 Å². The molecule has 4 atom stereocenters. The Morgan fingerprint density at radius 2 is 2.00 bits per heavy atom. The fourth-order valence-electron chi connectivity index (χ4n) is 3.03. The quantitative estimate of drug-likeness (QED) is 0.677. The number of hydrogen-bond donors (Lipinski definition) is 1. The van der Waals surface area contributed by atoms with Crippen molar-refractivity contribution in [3.63, 3.8) is 0 Å². The number of hydrogen-bond acceptors (Lipinski definition) is 5. The van der Waals surface area contributed by atoms with Crippen LogP contribution in [0.1, 0.15) is 29.7 Å². The summed E-state index contributed by atoms with van der Waals surface area (Å²) < 4.78 is 1.64. The molecule has 1 aromatic carbocycles. The van der Waals surface area contributed by atoms with Gasteiger partial charge in [0.05, 0.1) is 12.2 Å². The summed E-state index contributed by atoms with van der Waals surface area (Å²) >= 11 is 0. The first kappa shape index (κ1) is 18.1. The molecule has 1 N–H and O–H groups in total. The van der Waals surface area contributed by atoms with Crippen LogP contribution in [0.4, 0.5) is 0 Å². The molecule has 0 aliphatic carbocycles. The second-order valence-corrected chi connectivity index (χ2v) is 7.44. The third-order valence-electron chi connectivity index (χ3n) is 4.44. The van der Waals surface area contributed by atoms with Crippen LogP contribution < -0.4 is 10.6 Å². The van der Waals surface area contributed by atoms with E-state index in [-0.39, 0.29) is 12.5 Å². The summed E-state index contributed by atoms with van der Waals surface area (Å²) in [4.78, 5) is 12.4. The predicted molar refractivity (Wildman–Crippen MR) is 104 cm³/mol. The maximum Gasteiger partial charge on any atom is 0.137 e. The summed E-state index contributed by atoms with van der Waals surface area (Å²) in [6, 6.07) is 6.01. The Hall–Kier alpha value is -1.74. The van der Waals surface area contributed by atoms with Gasteiger partial charge in [0.15, 0.2) is 0 Å². The van der Waals surface area contributed by atoms with Gasteiger partial charge in [-0.1, -0.05) is 30.7 Å². The third kappa shape index (κ3) is 3.62. The van der Waals surface area contributed by atoms with Crippen molar-refractivity contribution in [2.75, 3.05) is 0 Å². The molecule has 8 heteroatoms. The second-order valence-electron chi connectivity index (χ2n) is 6.19. The fourth-order valence-corrected chi connectivity index (χ4v) is 4.05. The van der Waals surface area contributed by atoms with Gasteiger partial charge in [0, 0.05) is 17.4 Å². The van der Waals surface area contributed by atoms with Gasteiger partial charge in [-0.2, -0.15) is 5.10 Å². The minimum atomic E-state index is -1.21. The molecule has 3 rings (SSSR count). The lowest BCUT2D eigenvalue weighted by atomic mass is 9.79. The van der Waals surface area contributed by atoms with E-state index < -0.39 is 5.60 Å². The van der Waals surface area contributed by atoms with Gasteiger partial charge in [-0.3, -0.25) is 0 Å². The molecule has 0 fully saturated rings. The summed E-state index contributed by atoms with van der Waals surface area (Å²) in [5.41, 5.74) is 1.54. The van der Waals surface area contributed by atoms with E-state index in [0.29, 0.717) is 0 Å². The van der Waals surface area contributed by atoms with Crippen molar-refractivity contribution >= 4 is 29.1 Å². The Balaban J connectivity index is 2.13. The molecule has 2 heterocycles. The van der Waals surface area contributed by atoms with Crippen LogP contribution in [0, 0.1) is 6.92 Å². The zero-order valence-electron chi connectivity index (χ0n) is 14.2. The highest BCUT2D eigenvalue weighted by molar-refractivity contribution is 7.27. The van der Waals surface area contributed by atoms with E-state index in [1.165, 1.54) is 12.7 Å². The highest BCUT2D eigenvalue weighted by Gasteiger charge is 2.40. The molecule has 6 nitrogen and oxygen atoms in total. The molecule has 0 saturated heterocycles. The van der Waals surface area contributed by atoms with E-state index in [1.54, 1.807) is 17.2 Å². The maximum absolute atomic E-state index is 11.8. The van der Waals surface area contributed by atoms with Gasteiger partial charge >= 0.3 is 0 Å². The van der Waals surface area contributed by atoms with E-state index in [4.69, 9.17) is 0 Å². The van der Waals surface area contributed by atoms with Gasteiger partial charge < -0.3 is 5.11 Å². The second kappa shape index (κ2) is 7.25. The molecule has 0 saturated carbocycles. The smallest absolute Gasteiger partial charge is 0.137 e. The molecule has 3 aromatic rings. The van der Waals surface area contributed by atoms with Crippen molar-refractivity contribution in [3.05, 3.63) is 60.2 Å². The number of aryl methyl sites for hydroxylation is 1. The molecule has 0 amide bonds. The number of rotatable bonds is 5. The van der Waals surface area contributed by atoms with Crippen LogP contribution in [0.5, 0.6) is 0 Å². The highest BCUT2D eigenvalue weighted by atomic mass is 31.0. The van der Waals surface area contributed by atoms with Crippen LogP contribution in [-0.2, 0) is 12.1 Å². The minimum absolute atomic E-state index is 0.271. The number of benzene rings is 1. The van der Waals surface area contributed by atoms with Gasteiger partial charge in [0.2, 0.25) is 0 Å². The Kier molecular flexibility index (Phi) is 5.24. The summed E-state index contributed by atoms with van der Waals surface area (Å²) in [5, 5.41) is 17.8. The topological polar surface area (TPSA) is 76.7 Å². The zero-order chi connectivity index (χ0) is 18.0. The molecule has 0 radical (unpaired) electrons.